The van der Waals surface area contributed by atoms with Crippen molar-refractivity contribution in [1.82, 2.24) is 9.88 Å². The van der Waals surface area contributed by atoms with Gasteiger partial charge in [-0.2, -0.15) is 0 Å². The van der Waals surface area contributed by atoms with E-state index < -0.39 is 6.10 Å². The molecule has 1 unspecified atom stereocenters. The number of hydrogen-bond acceptors (Lipinski definition) is 4. The van der Waals surface area contributed by atoms with Gasteiger partial charge in [-0.25, -0.2) is 4.98 Å². The van der Waals surface area contributed by atoms with Crippen molar-refractivity contribution < 1.29 is 5.11 Å². The van der Waals surface area contributed by atoms with Gasteiger partial charge in [0.25, 0.3) is 0 Å². The predicted octanol–water partition coefficient (Wildman–Crippen LogP) is 1.67. The van der Waals surface area contributed by atoms with Crippen LogP contribution >= 0.6 is 0 Å². The van der Waals surface area contributed by atoms with Gasteiger partial charge in [0.05, 0.1) is 6.10 Å². The van der Waals surface area contributed by atoms with Crippen LogP contribution in [0.25, 0.3) is 0 Å². The zero-order valence-electron chi connectivity index (χ0n) is 11.5. The average Bonchev–Trinajstić information content (AvgIpc) is 2.39. The molecule has 0 amide bonds. The first-order chi connectivity index (χ1) is 8.58. The van der Waals surface area contributed by atoms with Gasteiger partial charge >= 0.3 is 0 Å². The Kier molecular flexibility index (Phi) is 4.19. The molecule has 100 valence electrons. The molecular formula is C14H23N3O. The van der Waals surface area contributed by atoms with Gasteiger partial charge < -0.3 is 14.9 Å². The van der Waals surface area contributed by atoms with Gasteiger partial charge in [0, 0.05) is 19.3 Å². The van der Waals surface area contributed by atoms with Crippen molar-refractivity contribution in [3.05, 3.63) is 23.9 Å². The molecule has 18 heavy (non-hydrogen) atoms. The molecule has 2 rings (SSSR count). The first-order valence-corrected chi connectivity index (χ1v) is 6.63. The normalized spacial score (nSPS) is 19.8. The molecule has 0 aliphatic carbocycles. The van der Waals surface area contributed by atoms with Crippen LogP contribution < -0.4 is 4.90 Å². The number of aliphatic hydroxyl groups is 1. The second-order valence-corrected chi connectivity index (χ2v) is 5.27. The van der Waals surface area contributed by atoms with E-state index in [0.29, 0.717) is 6.04 Å². The molecule has 1 aromatic heterocycles. The summed E-state index contributed by atoms with van der Waals surface area (Å²) >= 11 is 0. The number of rotatable bonds is 3. The first-order valence-electron chi connectivity index (χ1n) is 6.63. The van der Waals surface area contributed by atoms with Crippen molar-refractivity contribution in [3.63, 3.8) is 0 Å². The summed E-state index contributed by atoms with van der Waals surface area (Å²) in [5.74, 6) is 0.961. The Hall–Kier alpha value is -1.13. The van der Waals surface area contributed by atoms with Crippen molar-refractivity contribution in [2.75, 3.05) is 32.1 Å². The van der Waals surface area contributed by atoms with Gasteiger partial charge in [-0.05, 0) is 57.6 Å². The maximum atomic E-state index is 9.62. The Morgan fingerprint density at radius 3 is 2.72 bits per heavy atom. The third-order valence-electron chi connectivity index (χ3n) is 3.85. The Morgan fingerprint density at radius 1 is 1.44 bits per heavy atom. The molecule has 0 aromatic carbocycles. The lowest BCUT2D eigenvalue weighted by molar-refractivity contribution is 0.199. The zero-order chi connectivity index (χ0) is 13.1. The molecule has 0 radical (unpaired) electrons. The highest BCUT2D eigenvalue weighted by atomic mass is 16.3. The predicted molar refractivity (Wildman–Crippen MR) is 73.8 cm³/mol. The van der Waals surface area contributed by atoms with E-state index in [1.165, 1.54) is 12.8 Å². The quantitative estimate of drug-likeness (QED) is 0.884. The Morgan fingerprint density at radius 2 is 2.11 bits per heavy atom. The third kappa shape index (κ3) is 3.00. The van der Waals surface area contributed by atoms with Crippen LogP contribution in [0.2, 0.25) is 0 Å². The van der Waals surface area contributed by atoms with Crippen LogP contribution in [0.3, 0.4) is 0 Å². The van der Waals surface area contributed by atoms with Crippen molar-refractivity contribution in [1.29, 1.82) is 0 Å². The van der Waals surface area contributed by atoms with Crippen LogP contribution in [0.15, 0.2) is 18.3 Å². The highest BCUT2D eigenvalue weighted by Gasteiger charge is 2.21. The smallest absolute Gasteiger partial charge is 0.128 e. The molecule has 1 fully saturated rings. The highest BCUT2D eigenvalue weighted by Crippen LogP contribution is 2.22. The molecular weight excluding hydrogens is 226 g/mol. The second-order valence-electron chi connectivity index (χ2n) is 5.27. The van der Waals surface area contributed by atoms with Crippen LogP contribution in [0.1, 0.15) is 31.4 Å². The molecule has 1 aliphatic heterocycles. The molecule has 0 spiro atoms. The Labute approximate surface area is 109 Å². The number of piperidine rings is 1. The zero-order valence-corrected chi connectivity index (χ0v) is 11.5. The van der Waals surface area contributed by atoms with Gasteiger partial charge in [0.15, 0.2) is 0 Å². The summed E-state index contributed by atoms with van der Waals surface area (Å²) in [5.41, 5.74) is 0.930. The van der Waals surface area contributed by atoms with Gasteiger partial charge in [-0.1, -0.05) is 0 Å². The highest BCUT2D eigenvalue weighted by molar-refractivity contribution is 5.41. The van der Waals surface area contributed by atoms with Gasteiger partial charge in [0.2, 0.25) is 0 Å². The van der Waals surface area contributed by atoms with Crippen LogP contribution in [0, 0.1) is 0 Å². The van der Waals surface area contributed by atoms with Crippen LogP contribution in [0.4, 0.5) is 5.82 Å². The SMILES string of the molecule is CC(O)c1ccnc(N(C)C2CCN(C)CC2)c1. The van der Waals surface area contributed by atoms with Crippen molar-refractivity contribution in [2.24, 2.45) is 0 Å². The third-order valence-corrected chi connectivity index (χ3v) is 3.85. The molecule has 0 saturated carbocycles. The summed E-state index contributed by atoms with van der Waals surface area (Å²) in [6.07, 6.45) is 3.70. The van der Waals surface area contributed by atoms with Crippen molar-refractivity contribution in [3.8, 4) is 0 Å². The Balaban J connectivity index is 2.08. The Bertz CT molecular complexity index is 386. The second kappa shape index (κ2) is 5.67. The number of hydrogen-bond donors (Lipinski definition) is 1. The van der Waals surface area contributed by atoms with Crippen LogP contribution in [0.5, 0.6) is 0 Å². The fourth-order valence-electron chi connectivity index (χ4n) is 2.46. The van der Waals surface area contributed by atoms with E-state index in [0.717, 1.165) is 24.5 Å². The van der Waals surface area contributed by atoms with Gasteiger partial charge in [-0.15, -0.1) is 0 Å². The molecule has 1 saturated heterocycles. The number of likely N-dealkylation sites (tertiary alicyclic amines) is 1. The summed E-state index contributed by atoms with van der Waals surface area (Å²) in [5, 5.41) is 9.62. The maximum Gasteiger partial charge on any atom is 0.128 e. The van der Waals surface area contributed by atoms with E-state index in [1.807, 2.05) is 12.1 Å². The lowest BCUT2D eigenvalue weighted by atomic mass is 10.0. The van der Waals surface area contributed by atoms with E-state index in [-0.39, 0.29) is 0 Å². The van der Waals surface area contributed by atoms with E-state index in [2.05, 4.69) is 28.9 Å². The molecule has 1 N–H and O–H groups in total. The molecule has 4 nitrogen and oxygen atoms in total. The summed E-state index contributed by atoms with van der Waals surface area (Å²) in [6.45, 7) is 4.07. The molecule has 1 atom stereocenters. The number of nitrogens with zero attached hydrogens (tertiary/aromatic N) is 3. The van der Waals surface area contributed by atoms with Gasteiger partial charge in [0.1, 0.15) is 5.82 Å². The standard InChI is InChI=1S/C14H23N3O/c1-11(18)12-4-7-15-14(10-12)17(3)13-5-8-16(2)9-6-13/h4,7,10-11,13,18H,5-6,8-9H2,1-3H3. The van der Waals surface area contributed by atoms with E-state index >= 15 is 0 Å². The average molecular weight is 249 g/mol. The fourth-order valence-corrected chi connectivity index (χ4v) is 2.46. The monoisotopic (exact) mass is 249 g/mol. The van der Waals surface area contributed by atoms with Gasteiger partial charge in [-0.3, -0.25) is 0 Å². The van der Waals surface area contributed by atoms with Crippen molar-refractivity contribution >= 4 is 5.82 Å². The largest absolute Gasteiger partial charge is 0.389 e. The van der Waals surface area contributed by atoms with Crippen LogP contribution in [-0.4, -0.2) is 48.2 Å². The first kappa shape index (κ1) is 13.3. The van der Waals surface area contributed by atoms with E-state index in [9.17, 15) is 5.11 Å². The molecule has 4 heteroatoms. The molecule has 1 aromatic rings. The molecule has 2 heterocycles. The lowest BCUT2D eigenvalue weighted by Crippen LogP contribution is -2.42. The number of pyridine rings is 1. The minimum atomic E-state index is -0.433. The topological polar surface area (TPSA) is 39.6 Å². The minimum absolute atomic E-state index is 0.433. The van der Waals surface area contributed by atoms with E-state index in [4.69, 9.17) is 0 Å². The van der Waals surface area contributed by atoms with E-state index in [1.54, 1.807) is 13.1 Å². The summed E-state index contributed by atoms with van der Waals surface area (Å²) in [4.78, 5) is 9.03. The molecule has 1 aliphatic rings. The summed E-state index contributed by atoms with van der Waals surface area (Å²) < 4.78 is 0. The summed E-state index contributed by atoms with van der Waals surface area (Å²) in [7, 11) is 4.27. The fraction of sp³-hybridized carbons (Fsp3) is 0.643. The number of anilines is 1. The number of aromatic nitrogens is 1. The molecule has 0 bridgehead atoms. The minimum Gasteiger partial charge on any atom is -0.389 e. The maximum absolute atomic E-state index is 9.62. The lowest BCUT2D eigenvalue weighted by Gasteiger charge is -2.35. The number of aliphatic hydroxyl groups excluding tert-OH is 1. The van der Waals surface area contributed by atoms with Crippen LogP contribution in [-0.2, 0) is 0 Å². The summed E-state index contributed by atoms with van der Waals surface area (Å²) in [6, 6.07) is 4.41. The van der Waals surface area contributed by atoms with Crippen molar-refractivity contribution in [2.45, 2.75) is 31.9 Å².